The van der Waals surface area contributed by atoms with Crippen LogP contribution in [-0.2, 0) is 4.79 Å². The van der Waals surface area contributed by atoms with Gasteiger partial charge in [0.05, 0.1) is 0 Å². The molecule has 0 heterocycles. The summed E-state index contributed by atoms with van der Waals surface area (Å²) in [6.07, 6.45) is 0.305. The molecule has 0 spiro atoms. The molecule has 1 amide bonds. The zero-order valence-electron chi connectivity index (χ0n) is 7.39. The fourth-order valence-electron chi connectivity index (χ4n) is 0.612. The second-order valence-corrected chi connectivity index (χ2v) is 3.18. The highest BCUT2D eigenvalue weighted by molar-refractivity contribution is 7.80. The summed E-state index contributed by atoms with van der Waals surface area (Å²) in [5.41, 5.74) is 4.94. The van der Waals surface area contributed by atoms with Gasteiger partial charge in [0, 0.05) is 19.0 Å². The molecule has 0 radical (unpaired) electrons. The van der Waals surface area contributed by atoms with E-state index in [2.05, 4.69) is 10.6 Å². The van der Waals surface area contributed by atoms with Gasteiger partial charge in [-0.2, -0.15) is 0 Å². The van der Waals surface area contributed by atoms with Crippen molar-refractivity contribution in [2.45, 2.75) is 26.3 Å². The Labute approximate surface area is 77.9 Å². The number of carbonyl (C=O) groups excluding carboxylic acids is 1. The van der Waals surface area contributed by atoms with Gasteiger partial charge in [-0.3, -0.25) is 4.79 Å². The number of hydrogen-bond acceptors (Lipinski definition) is 2. The van der Waals surface area contributed by atoms with E-state index in [1.807, 2.05) is 13.8 Å². The summed E-state index contributed by atoms with van der Waals surface area (Å²) in [5, 5.41) is 6.41. The number of hydrogen-bond donors (Lipinski definition) is 3. The Hall–Kier alpha value is -0.840. The van der Waals surface area contributed by atoms with Gasteiger partial charge in [0.1, 0.15) is 0 Å². The van der Waals surface area contributed by atoms with Gasteiger partial charge in [0.25, 0.3) is 0 Å². The van der Waals surface area contributed by atoms with Crippen molar-refractivity contribution < 1.29 is 4.79 Å². The first kappa shape index (κ1) is 11.2. The van der Waals surface area contributed by atoms with Gasteiger partial charge >= 0.3 is 0 Å². The van der Waals surface area contributed by atoms with Crippen LogP contribution < -0.4 is 16.4 Å². The molecule has 0 rings (SSSR count). The number of thiocarbonyl (C=S) groups is 1. The molecule has 0 aromatic carbocycles. The maximum Gasteiger partial charge on any atom is 0.219 e. The predicted octanol–water partition coefficient (Wildman–Crippen LogP) is -0.266. The first-order chi connectivity index (χ1) is 5.52. The number of rotatable bonds is 4. The fourth-order valence-corrected chi connectivity index (χ4v) is 0.950. The van der Waals surface area contributed by atoms with Gasteiger partial charge in [-0.25, -0.2) is 0 Å². The zero-order chi connectivity index (χ0) is 9.56. The molecule has 0 unspecified atom stereocenters. The van der Waals surface area contributed by atoms with Crippen LogP contribution in [0.5, 0.6) is 0 Å². The molecule has 0 aliphatic heterocycles. The molecule has 0 aromatic heterocycles. The molecule has 4 N–H and O–H groups in total. The van der Waals surface area contributed by atoms with E-state index in [9.17, 15) is 4.79 Å². The van der Waals surface area contributed by atoms with E-state index in [1.165, 1.54) is 0 Å². The molecule has 0 bridgehead atoms. The summed E-state index contributed by atoms with van der Waals surface area (Å²) >= 11 is 4.91. The molecular formula is C7H15N3OS. The minimum atomic E-state index is -0.324. The quantitative estimate of drug-likeness (QED) is 0.533. The zero-order valence-corrected chi connectivity index (χ0v) is 8.20. The molecular weight excluding hydrogens is 174 g/mol. The normalized spacial score (nSPS) is 9.58. The van der Waals surface area contributed by atoms with E-state index in [4.69, 9.17) is 18.0 Å². The number of carbonyl (C=O) groups is 1. The Morgan fingerprint density at radius 3 is 2.58 bits per heavy atom. The van der Waals surface area contributed by atoms with Crippen LogP contribution in [0.25, 0.3) is 0 Å². The number of primary amides is 1. The molecule has 0 saturated heterocycles. The second kappa shape index (κ2) is 5.77. The van der Waals surface area contributed by atoms with Crippen LogP contribution in [0.4, 0.5) is 0 Å². The van der Waals surface area contributed by atoms with E-state index in [0.29, 0.717) is 24.1 Å². The van der Waals surface area contributed by atoms with Crippen molar-refractivity contribution in [2.24, 2.45) is 5.73 Å². The van der Waals surface area contributed by atoms with Gasteiger partial charge in [-0.05, 0) is 26.1 Å². The van der Waals surface area contributed by atoms with Gasteiger partial charge in [-0.15, -0.1) is 0 Å². The predicted molar refractivity (Wildman–Crippen MR) is 52.7 cm³/mol. The van der Waals surface area contributed by atoms with Crippen molar-refractivity contribution >= 4 is 23.2 Å². The lowest BCUT2D eigenvalue weighted by molar-refractivity contribution is -0.117. The van der Waals surface area contributed by atoms with Crippen LogP contribution in [0.3, 0.4) is 0 Å². The van der Waals surface area contributed by atoms with Gasteiger partial charge < -0.3 is 16.4 Å². The van der Waals surface area contributed by atoms with E-state index >= 15 is 0 Å². The maximum absolute atomic E-state index is 10.3. The topological polar surface area (TPSA) is 67.2 Å². The Morgan fingerprint density at radius 2 is 2.17 bits per heavy atom. The highest BCUT2D eigenvalue weighted by Gasteiger charge is 1.98. The minimum absolute atomic E-state index is 0.304. The molecule has 0 saturated carbocycles. The standard InChI is InChI=1S/C7H15N3OS/c1-5(2)10-7(12)9-4-3-6(8)11/h5H,3-4H2,1-2H3,(H2,8,11)(H2,9,10,12). The average molecular weight is 189 g/mol. The summed E-state index contributed by atoms with van der Waals surface area (Å²) < 4.78 is 0. The summed E-state index contributed by atoms with van der Waals surface area (Å²) in [5.74, 6) is -0.324. The lowest BCUT2D eigenvalue weighted by Gasteiger charge is -2.11. The molecule has 5 heteroatoms. The molecule has 0 fully saturated rings. The third kappa shape index (κ3) is 7.27. The fraction of sp³-hybridized carbons (Fsp3) is 0.714. The number of nitrogens with one attached hydrogen (secondary N) is 2. The summed E-state index contributed by atoms with van der Waals surface area (Å²) in [6.45, 7) is 4.47. The van der Waals surface area contributed by atoms with E-state index in [0.717, 1.165) is 0 Å². The number of amides is 1. The van der Waals surface area contributed by atoms with Gasteiger partial charge in [-0.1, -0.05) is 0 Å². The monoisotopic (exact) mass is 189 g/mol. The first-order valence-corrected chi connectivity index (χ1v) is 4.26. The molecule has 0 aliphatic carbocycles. The van der Waals surface area contributed by atoms with Crippen molar-refractivity contribution in [3.63, 3.8) is 0 Å². The SMILES string of the molecule is CC(C)NC(=S)NCCC(N)=O. The summed E-state index contributed by atoms with van der Waals surface area (Å²) in [4.78, 5) is 10.3. The maximum atomic E-state index is 10.3. The largest absolute Gasteiger partial charge is 0.370 e. The van der Waals surface area contributed by atoms with Crippen LogP contribution >= 0.6 is 12.2 Å². The van der Waals surface area contributed by atoms with Crippen molar-refractivity contribution in [3.05, 3.63) is 0 Å². The average Bonchev–Trinajstić information content (AvgIpc) is 1.84. The van der Waals surface area contributed by atoms with E-state index in [-0.39, 0.29) is 5.91 Å². The van der Waals surface area contributed by atoms with Crippen molar-refractivity contribution in [3.8, 4) is 0 Å². The third-order valence-electron chi connectivity index (χ3n) is 1.08. The highest BCUT2D eigenvalue weighted by Crippen LogP contribution is 1.78. The van der Waals surface area contributed by atoms with Crippen LogP contribution in [0.1, 0.15) is 20.3 Å². The van der Waals surface area contributed by atoms with Gasteiger partial charge in [0.15, 0.2) is 5.11 Å². The van der Waals surface area contributed by atoms with Crippen LogP contribution in [0.2, 0.25) is 0 Å². The first-order valence-electron chi connectivity index (χ1n) is 3.85. The smallest absolute Gasteiger partial charge is 0.219 e. The Bertz CT molecular complexity index is 170. The second-order valence-electron chi connectivity index (χ2n) is 2.77. The summed E-state index contributed by atoms with van der Waals surface area (Å²) in [7, 11) is 0. The number of nitrogens with two attached hydrogens (primary N) is 1. The van der Waals surface area contributed by atoms with Crippen molar-refractivity contribution in [1.29, 1.82) is 0 Å². The van der Waals surface area contributed by atoms with E-state index in [1.54, 1.807) is 0 Å². The van der Waals surface area contributed by atoms with E-state index < -0.39 is 0 Å². The molecule has 12 heavy (non-hydrogen) atoms. The highest BCUT2D eigenvalue weighted by atomic mass is 32.1. The Balaban J connectivity index is 3.38. The van der Waals surface area contributed by atoms with Crippen LogP contribution in [0.15, 0.2) is 0 Å². The molecule has 4 nitrogen and oxygen atoms in total. The third-order valence-corrected chi connectivity index (χ3v) is 1.34. The van der Waals surface area contributed by atoms with Gasteiger partial charge in [0.2, 0.25) is 5.91 Å². The summed E-state index contributed by atoms with van der Waals surface area (Å²) in [6, 6.07) is 0.304. The molecule has 70 valence electrons. The van der Waals surface area contributed by atoms with Crippen molar-refractivity contribution in [1.82, 2.24) is 10.6 Å². The Morgan fingerprint density at radius 1 is 1.58 bits per heavy atom. The molecule has 0 aliphatic rings. The molecule has 0 aromatic rings. The Kier molecular flexibility index (Phi) is 5.36. The lowest BCUT2D eigenvalue weighted by atomic mass is 10.4. The molecule has 0 atom stereocenters. The van der Waals surface area contributed by atoms with Crippen molar-refractivity contribution in [2.75, 3.05) is 6.54 Å². The van der Waals surface area contributed by atoms with Crippen LogP contribution in [-0.4, -0.2) is 23.6 Å². The van der Waals surface area contributed by atoms with Crippen LogP contribution in [0, 0.1) is 0 Å². The lowest BCUT2D eigenvalue weighted by Crippen LogP contribution is -2.40. The minimum Gasteiger partial charge on any atom is -0.370 e.